The topological polar surface area (TPSA) is 80.9 Å². The minimum Gasteiger partial charge on any atom is -0.507 e. The van der Waals surface area contributed by atoms with E-state index in [9.17, 15) is 9.90 Å². The maximum atomic E-state index is 13.5. The van der Waals surface area contributed by atoms with Crippen molar-refractivity contribution >= 4 is 0 Å². The van der Waals surface area contributed by atoms with E-state index in [0.29, 0.717) is 41.3 Å². The van der Waals surface area contributed by atoms with Crippen molar-refractivity contribution in [1.29, 1.82) is 0 Å². The number of aromatic nitrogens is 4. The molecule has 0 aliphatic rings. The SMILES string of the molecule is Cc1nc(-c2ccccc2O)n(CCc2ccccc2)c(=O)c1-c1cnccn1. The lowest BCUT2D eigenvalue weighted by Gasteiger charge is -2.16. The van der Waals surface area contributed by atoms with Crippen LogP contribution in [0.1, 0.15) is 11.3 Å². The molecule has 0 aliphatic carbocycles. The van der Waals surface area contributed by atoms with E-state index in [2.05, 4.69) is 15.0 Å². The van der Waals surface area contributed by atoms with Gasteiger partial charge in [-0.15, -0.1) is 0 Å². The normalized spacial score (nSPS) is 10.8. The summed E-state index contributed by atoms with van der Waals surface area (Å²) >= 11 is 0. The van der Waals surface area contributed by atoms with Gasteiger partial charge in [0, 0.05) is 18.9 Å². The second-order valence-electron chi connectivity index (χ2n) is 6.70. The summed E-state index contributed by atoms with van der Waals surface area (Å²) in [6.07, 6.45) is 5.34. The molecule has 29 heavy (non-hydrogen) atoms. The zero-order chi connectivity index (χ0) is 20.2. The number of hydrogen-bond donors (Lipinski definition) is 1. The van der Waals surface area contributed by atoms with E-state index in [1.807, 2.05) is 36.4 Å². The summed E-state index contributed by atoms with van der Waals surface area (Å²) in [6.45, 7) is 2.20. The van der Waals surface area contributed by atoms with Gasteiger partial charge >= 0.3 is 0 Å². The molecule has 0 bridgehead atoms. The van der Waals surface area contributed by atoms with Crippen LogP contribution in [0.15, 0.2) is 78.0 Å². The number of phenols is 1. The summed E-state index contributed by atoms with van der Waals surface area (Å²) in [6, 6.07) is 16.9. The average Bonchev–Trinajstić information content (AvgIpc) is 2.75. The zero-order valence-corrected chi connectivity index (χ0v) is 16.0. The Morgan fingerprint density at radius 3 is 2.48 bits per heavy atom. The summed E-state index contributed by atoms with van der Waals surface area (Å²) < 4.78 is 1.61. The maximum absolute atomic E-state index is 13.5. The van der Waals surface area contributed by atoms with E-state index in [4.69, 9.17) is 0 Å². The summed E-state index contributed by atoms with van der Waals surface area (Å²) in [4.78, 5) is 26.5. The fraction of sp³-hybridized carbons (Fsp3) is 0.130. The summed E-state index contributed by atoms with van der Waals surface area (Å²) in [7, 11) is 0. The van der Waals surface area contributed by atoms with Gasteiger partial charge < -0.3 is 5.11 Å². The number of aryl methyl sites for hydroxylation is 2. The predicted octanol–water partition coefficient (Wildman–Crippen LogP) is 3.62. The second-order valence-corrected chi connectivity index (χ2v) is 6.70. The van der Waals surface area contributed by atoms with Crippen molar-refractivity contribution in [2.24, 2.45) is 0 Å². The van der Waals surface area contributed by atoms with Gasteiger partial charge in [0.25, 0.3) is 5.56 Å². The molecule has 0 saturated heterocycles. The van der Waals surface area contributed by atoms with Gasteiger partial charge in [-0.25, -0.2) is 4.98 Å². The Hall–Kier alpha value is -3.80. The molecule has 0 radical (unpaired) electrons. The third-order valence-corrected chi connectivity index (χ3v) is 4.78. The first-order valence-electron chi connectivity index (χ1n) is 9.35. The Balaban J connectivity index is 1.89. The van der Waals surface area contributed by atoms with Crippen molar-refractivity contribution in [3.63, 3.8) is 0 Å². The minimum atomic E-state index is -0.202. The minimum absolute atomic E-state index is 0.0829. The highest BCUT2D eigenvalue weighted by atomic mass is 16.3. The first-order chi connectivity index (χ1) is 14.1. The second kappa shape index (κ2) is 8.06. The fourth-order valence-corrected chi connectivity index (χ4v) is 3.35. The van der Waals surface area contributed by atoms with Crippen LogP contribution >= 0.6 is 0 Å². The van der Waals surface area contributed by atoms with Crippen LogP contribution in [-0.4, -0.2) is 24.6 Å². The Morgan fingerprint density at radius 2 is 1.76 bits per heavy atom. The molecule has 0 amide bonds. The summed E-state index contributed by atoms with van der Waals surface area (Å²) in [5.74, 6) is 0.522. The highest BCUT2D eigenvalue weighted by Crippen LogP contribution is 2.28. The first-order valence-corrected chi connectivity index (χ1v) is 9.35. The lowest BCUT2D eigenvalue weighted by molar-refractivity contribution is 0.476. The Labute approximate surface area is 168 Å². The number of para-hydroxylation sites is 1. The molecule has 2 aromatic carbocycles. The van der Waals surface area contributed by atoms with Gasteiger partial charge in [-0.1, -0.05) is 42.5 Å². The molecule has 4 aromatic rings. The fourth-order valence-electron chi connectivity index (χ4n) is 3.35. The molecule has 0 spiro atoms. The van der Waals surface area contributed by atoms with E-state index in [1.54, 1.807) is 48.3 Å². The molecule has 0 atom stereocenters. The van der Waals surface area contributed by atoms with Gasteiger partial charge in [-0.05, 0) is 31.0 Å². The van der Waals surface area contributed by atoms with Gasteiger partial charge in [0.15, 0.2) is 0 Å². The molecule has 144 valence electrons. The molecular weight excluding hydrogens is 364 g/mol. The van der Waals surface area contributed by atoms with E-state index in [0.717, 1.165) is 5.56 Å². The lowest BCUT2D eigenvalue weighted by atomic mass is 10.1. The highest BCUT2D eigenvalue weighted by molar-refractivity contribution is 5.67. The van der Waals surface area contributed by atoms with E-state index in [1.165, 1.54) is 0 Å². The monoisotopic (exact) mass is 384 g/mol. The molecule has 6 nitrogen and oxygen atoms in total. The van der Waals surface area contributed by atoms with Crippen molar-refractivity contribution in [2.45, 2.75) is 19.9 Å². The standard InChI is InChI=1S/C23H20N4O2/c1-16-21(19-15-24-12-13-25-19)23(29)27(14-11-17-7-3-2-4-8-17)22(26-16)18-9-5-6-10-20(18)28/h2-10,12-13,15,28H,11,14H2,1H3. The average molecular weight is 384 g/mol. The highest BCUT2D eigenvalue weighted by Gasteiger charge is 2.19. The van der Waals surface area contributed by atoms with Gasteiger partial charge in [-0.2, -0.15) is 0 Å². The van der Waals surface area contributed by atoms with Crippen molar-refractivity contribution in [3.8, 4) is 28.4 Å². The van der Waals surface area contributed by atoms with Crippen molar-refractivity contribution in [2.75, 3.05) is 0 Å². The molecule has 0 saturated carbocycles. The van der Waals surface area contributed by atoms with Crippen molar-refractivity contribution in [3.05, 3.63) is 94.8 Å². The van der Waals surface area contributed by atoms with Crippen LogP contribution < -0.4 is 5.56 Å². The Kier molecular flexibility index (Phi) is 5.16. The third kappa shape index (κ3) is 3.78. The molecular formula is C23H20N4O2. The van der Waals surface area contributed by atoms with E-state index in [-0.39, 0.29) is 11.3 Å². The smallest absolute Gasteiger partial charge is 0.263 e. The van der Waals surface area contributed by atoms with E-state index < -0.39 is 0 Å². The predicted molar refractivity (Wildman–Crippen MR) is 112 cm³/mol. The first kappa shape index (κ1) is 18.6. The van der Waals surface area contributed by atoms with Crippen LogP contribution in [-0.2, 0) is 13.0 Å². The number of nitrogens with zero attached hydrogens (tertiary/aromatic N) is 4. The molecule has 2 heterocycles. The molecule has 0 aliphatic heterocycles. The summed E-state index contributed by atoms with van der Waals surface area (Å²) in [5.41, 5.74) is 2.89. The Bertz CT molecular complexity index is 1190. The largest absolute Gasteiger partial charge is 0.507 e. The molecule has 6 heteroatoms. The molecule has 4 rings (SSSR count). The maximum Gasteiger partial charge on any atom is 0.263 e. The lowest BCUT2D eigenvalue weighted by Crippen LogP contribution is -2.27. The number of phenolic OH excluding ortho intramolecular Hbond substituents is 1. The van der Waals surface area contributed by atoms with Gasteiger partial charge in [-0.3, -0.25) is 19.3 Å². The number of rotatable bonds is 5. The van der Waals surface area contributed by atoms with Crippen LogP contribution in [0.4, 0.5) is 0 Å². The van der Waals surface area contributed by atoms with Gasteiger partial charge in [0.2, 0.25) is 0 Å². The van der Waals surface area contributed by atoms with E-state index >= 15 is 0 Å². The Morgan fingerprint density at radius 1 is 1.00 bits per heavy atom. The molecule has 2 aromatic heterocycles. The van der Waals surface area contributed by atoms with Crippen LogP contribution in [0.5, 0.6) is 5.75 Å². The van der Waals surface area contributed by atoms with Crippen LogP contribution in [0.3, 0.4) is 0 Å². The van der Waals surface area contributed by atoms with Crippen LogP contribution in [0.2, 0.25) is 0 Å². The number of benzene rings is 2. The molecule has 0 unspecified atom stereocenters. The van der Waals surface area contributed by atoms with Gasteiger partial charge in [0.1, 0.15) is 11.6 Å². The van der Waals surface area contributed by atoms with Crippen molar-refractivity contribution in [1.82, 2.24) is 19.5 Å². The van der Waals surface area contributed by atoms with Gasteiger partial charge in [0.05, 0.1) is 28.7 Å². The van der Waals surface area contributed by atoms with Crippen molar-refractivity contribution < 1.29 is 5.11 Å². The van der Waals surface area contributed by atoms with Crippen LogP contribution in [0.25, 0.3) is 22.6 Å². The number of hydrogen-bond acceptors (Lipinski definition) is 5. The zero-order valence-electron chi connectivity index (χ0n) is 16.0. The third-order valence-electron chi connectivity index (χ3n) is 4.78. The quantitative estimate of drug-likeness (QED) is 0.568. The molecule has 0 fully saturated rings. The number of aromatic hydroxyl groups is 1. The molecule has 1 N–H and O–H groups in total. The summed E-state index contributed by atoms with van der Waals surface area (Å²) in [5, 5.41) is 10.4. The van der Waals surface area contributed by atoms with Crippen LogP contribution in [0, 0.1) is 6.92 Å².